The molecule has 5 nitrogen and oxygen atoms in total. The minimum Gasteiger partial charge on any atom is -0.329 e. The first kappa shape index (κ1) is 15.2. The molecule has 1 saturated heterocycles. The summed E-state index contributed by atoms with van der Waals surface area (Å²) >= 11 is 0. The third-order valence-electron chi connectivity index (χ3n) is 4.70. The van der Waals surface area contributed by atoms with Gasteiger partial charge in [-0.2, -0.15) is 17.4 Å². The average Bonchev–Trinajstić information content (AvgIpc) is 2.68. The normalized spacial score (nSPS) is 32.6. The number of hydrogen-bond donors (Lipinski definition) is 2. The van der Waals surface area contributed by atoms with Crippen LogP contribution in [0.25, 0.3) is 0 Å². The van der Waals surface area contributed by atoms with Gasteiger partial charge in [0.05, 0.1) is 0 Å². The first-order valence-electron chi connectivity index (χ1n) is 7.36. The smallest absolute Gasteiger partial charge is 0.280 e. The molecule has 1 saturated carbocycles. The molecule has 0 aromatic rings. The SMILES string of the molecule is CC1(C)CCCC1NS(=O)(=O)N1CCCCC1CN. The maximum Gasteiger partial charge on any atom is 0.280 e. The van der Waals surface area contributed by atoms with E-state index in [-0.39, 0.29) is 17.5 Å². The van der Waals surface area contributed by atoms with E-state index in [0.29, 0.717) is 13.1 Å². The largest absolute Gasteiger partial charge is 0.329 e. The van der Waals surface area contributed by atoms with Crippen LogP contribution >= 0.6 is 0 Å². The summed E-state index contributed by atoms with van der Waals surface area (Å²) in [6, 6.07) is 0.0219. The summed E-state index contributed by atoms with van der Waals surface area (Å²) < 4.78 is 29.6. The molecule has 0 aromatic heterocycles. The molecule has 19 heavy (non-hydrogen) atoms. The van der Waals surface area contributed by atoms with Crippen molar-refractivity contribution in [3.8, 4) is 0 Å². The summed E-state index contributed by atoms with van der Waals surface area (Å²) in [6.07, 6.45) is 6.01. The Morgan fingerprint density at radius 1 is 1.26 bits per heavy atom. The van der Waals surface area contributed by atoms with E-state index in [1.165, 1.54) is 0 Å². The lowest BCUT2D eigenvalue weighted by atomic mass is 9.88. The van der Waals surface area contributed by atoms with E-state index in [0.717, 1.165) is 38.5 Å². The highest BCUT2D eigenvalue weighted by Gasteiger charge is 2.40. The van der Waals surface area contributed by atoms with Gasteiger partial charge in [-0.1, -0.05) is 26.7 Å². The van der Waals surface area contributed by atoms with Crippen molar-refractivity contribution in [2.75, 3.05) is 13.1 Å². The van der Waals surface area contributed by atoms with Crippen LogP contribution in [-0.2, 0) is 10.2 Å². The number of nitrogens with two attached hydrogens (primary N) is 1. The fourth-order valence-electron chi connectivity index (χ4n) is 3.32. The van der Waals surface area contributed by atoms with Gasteiger partial charge in [-0.05, 0) is 31.1 Å². The van der Waals surface area contributed by atoms with Crippen molar-refractivity contribution in [2.45, 2.75) is 64.5 Å². The summed E-state index contributed by atoms with van der Waals surface area (Å²) in [5.74, 6) is 0. The van der Waals surface area contributed by atoms with Gasteiger partial charge in [-0.25, -0.2) is 0 Å². The highest BCUT2D eigenvalue weighted by Crippen LogP contribution is 2.37. The first-order valence-corrected chi connectivity index (χ1v) is 8.80. The second-order valence-corrected chi connectivity index (χ2v) is 8.21. The van der Waals surface area contributed by atoms with Crippen LogP contribution in [0.4, 0.5) is 0 Å². The van der Waals surface area contributed by atoms with Gasteiger partial charge in [0.15, 0.2) is 0 Å². The Morgan fingerprint density at radius 3 is 2.58 bits per heavy atom. The molecule has 1 aliphatic heterocycles. The van der Waals surface area contributed by atoms with Crippen LogP contribution in [-0.4, -0.2) is 37.9 Å². The molecular weight excluding hydrogens is 262 g/mol. The summed E-state index contributed by atoms with van der Waals surface area (Å²) in [5, 5.41) is 0. The molecule has 1 aliphatic carbocycles. The van der Waals surface area contributed by atoms with Gasteiger partial charge in [-0.15, -0.1) is 0 Å². The molecule has 1 heterocycles. The zero-order chi connectivity index (χ0) is 14.1. The van der Waals surface area contributed by atoms with Gasteiger partial charge in [0, 0.05) is 25.2 Å². The summed E-state index contributed by atoms with van der Waals surface area (Å²) in [4.78, 5) is 0. The van der Waals surface area contributed by atoms with Gasteiger partial charge < -0.3 is 5.73 Å². The second-order valence-electron chi connectivity index (χ2n) is 6.55. The third-order valence-corrected chi connectivity index (χ3v) is 6.38. The van der Waals surface area contributed by atoms with E-state index < -0.39 is 10.2 Å². The van der Waals surface area contributed by atoms with Gasteiger partial charge in [0.25, 0.3) is 10.2 Å². The highest BCUT2D eigenvalue weighted by atomic mass is 32.2. The molecule has 3 N–H and O–H groups in total. The molecule has 2 atom stereocenters. The van der Waals surface area contributed by atoms with E-state index in [1.54, 1.807) is 4.31 Å². The molecular formula is C13H27N3O2S. The highest BCUT2D eigenvalue weighted by molar-refractivity contribution is 7.87. The van der Waals surface area contributed by atoms with Crippen molar-refractivity contribution in [3.63, 3.8) is 0 Å². The molecule has 0 spiro atoms. The Balaban J connectivity index is 2.09. The van der Waals surface area contributed by atoms with Crippen LogP contribution in [0.15, 0.2) is 0 Å². The standard InChI is InChI=1S/C13H27N3O2S/c1-13(2)8-5-7-12(13)15-19(17,18)16-9-4-3-6-11(16)10-14/h11-12,15H,3-10,14H2,1-2H3. The molecule has 0 aromatic carbocycles. The van der Waals surface area contributed by atoms with Crippen molar-refractivity contribution in [1.29, 1.82) is 0 Å². The van der Waals surface area contributed by atoms with E-state index in [4.69, 9.17) is 5.73 Å². The Bertz CT molecular complexity index is 408. The second kappa shape index (κ2) is 5.68. The predicted molar refractivity (Wildman–Crippen MR) is 76.9 cm³/mol. The van der Waals surface area contributed by atoms with Crippen LogP contribution in [0.3, 0.4) is 0 Å². The molecule has 0 radical (unpaired) electrons. The van der Waals surface area contributed by atoms with Gasteiger partial charge in [-0.3, -0.25) is 0 Å². The van der Waals surface area contributed by atoms with Crippen molar-refractivity contribution in [1.82, 2.24) is 9.03 Å². The lowest BCUT2D eigenvalue weighted by molar-refractivity contribution is 0.244. The molecule has 112 valence electrons. The molecule has 2 unspecified atom stereocenters. The Labute approximate surface area is 117 Å². The predicted octanol–water partition coefficient (Wildman–Crippen LogP) is 1.21. The molecule has 6 heteroatoms. The Morgan fingerprint density at radius 2 is 2.00 bits per heavy atom. The Kier molecular flexibility index (Phi) is 4.55. The van der Waals surface area contributed by atoms with Crippen molar-refractivity contribution >= 4 is 10.2 Å². The van der Waals surface area contributed by atoms with E-state index >= 15 is 0 Å². The number of hydrogen-bond acceptors (Lipinski definition) is 3. The van der Waals surface area contributed by atoms with Crippen LogP contribution in [0.5, 0.6) is 0 Å². The summed E-state index contributed by atoms with van der Waals surface area (Å²) in [7, 11) is -3.40. The summed E-state index contributed by atoms with van der Waals surface area (Å²) in [6.45, 7) is 5.30. The molecule has 0 amide bonds. The zero-order valence-electron chi connectivity index (χ0n) is 12.1. The van der Waals surface area contributed by atoms with Crippen molar-refractivity contribution < 1.29 is 8.42 Å². The number of nitrogens with one attached hydrogen (secondary N) is 1. The molecule has 2 rings (SSSR count). The maximum atomic E-state index is 12.6. The molecule has 2 aliphatic rings. The molecule has 2 fully saturated rings. The van der Waals surface area contributed by atoms with Crippen LogP contribution in [0, 0.1) is 5.41 Å². The van der Waals surface area contributed by atoms with E-state index in [2.05, 4.69) is 18.6 Å². The summed E-state index contributed by atoms with van der Waals surface area (Å²) in [5.41, 5.74) is 5.77. The molecule has 0 bridgehead atoms. The monoisotopic (exact) mass is 289 g/mol. The van der Waals surface area contributed by atoms with Crippen LogP contribution < -0.4 is 10.5 Å². The Hall–Kier alpha value is -0.170. The third kappa shape index (κ3) is 3.29. The lowest BCUT2D eigenvalue weighted by Gasteiger charge is -2.36. The number of nitrogens with zero attached hydrogens (tertiary/aromatic N) is 1. The van der Waals surface area contributed by atoms with Gasteiger partial charge in [0.2, 0.25) is 0 Å². The fourth-order valence-corrected chi connectivity index (χ4v) is 5.20. The van der Waals surface area contributed by atoms with E-state index in [9.17, 15) is 8.42 Å². The quantitative estimate of drug-likeness (QED) is 0.817. The van der Waals surface area contributed by atoms with Crippen LogP contribution in [0.2, 0.25) is 0 Å². The number of piperidine rings is 1. The van der Waals surface area contributed by atoms with Crippen molar-refractivity contribution in [3.05, 3.63) is 0 Å². The van der Waals surface area contributed by atoms with Gasteiger partial charge in [0.1, 0.15) is 0 Å². The topological polar surface area (TPSA) is 75.4 Å². The average molecular weight is 289 g/mol. The number of rotatable bonds is 4. The zero-order valence-corrected chi connectivity index (χ0v) is 12.9. The van der Waals surface area contributed by atoms with Crippen LogP contribution in [0.1, 0.15) is 52.4 Å². The lowest BCUT2D eigenvalue weighted by Crippen LogP contribution is -2.55. The van der Waals surface area contributed by atoms with E-state index in [1.807, 2.05) is 0 Å². The maximum absolute atomic E-state index is 12.6. The minimum absolute atomic E-state index is 0.0317. The fraction of sp³-hybridized carbons (Fsp3) is 1.00. The minimum atomic E-state index is -3.40. The van der Waals surface area contributed by atoms with Crippen molar-refractivity contribution in [2.24, 2.45) is 11.1 Å². The first-order chi connectivity index (χ1) is 8.87. The van der Waals surface area contributed by atoms with Gasteiger partial charge >= 0.3 is 0 Å².